The number of benzene rings is 2. The highest BCUT2D eigenvalue weighted by molar-refractivity contribution is 5.84. The minimum atomic E-state index is -0.433. The minimum absolute atomic E-state index is 0.280. The average molecular weight is 521 g/mol. The molecule has 2 aromatic heterocycles. The highest BCUT2D eigenvalue weighted by Crippen LogP contribution is 2.37. The van der Waals surface area contributed by atoms with Crippen LogP contribution in [0.2, 0.25) is 0 Å². The number of methoxy groups -OCH3 is 1. The summed E-state index contributed by atoms with van der Waals surface area (Å²) in [6.45, 7) is 6.23. The van der Waals surface area contributed by atoms with Gasteiger partial charge >= 0.3 is 0 Å². The summed E-state index contributed by atoms with van der Waals surface area (Å²) < 4.78 is 28.4. The van der Waals surface area contributed by atoms with E-state index in [1.807, 2.05) is 51.7 Å². The lowest BCUT2D eigenvalue weighted by Crippen LogP contribution is -2.29. The fraction of sp³-hybridized carbons (Fsp3) is 0.370. The van der Waals surface area contributed by atoms with Crippen LogP contribution >= 0.6 is 0 Å². The number of hydrogen-bond acceptors (Lipinski definition) is 9. The fourth-order valence-electron chi connectivity index (χ4n) is 4.55. The normalized spacial score (nSPS) is 14.0. The van der Waals surface area contributed by atoms with Gasteiger partial charge in [-0.05, 0) is 52.2 Å². The van der Waals surface area contributed by atoms with Crippen molar-refractivity contribution in [3.8, 4) is 23.0 Å². The zero-order valence-electron chi connectivity index (χ0n) is 22.5. The maximum Gasteiger partial charge on any atom is 0.298 e. The van der Waals surface area contributed by atoms with Crippen LogP contribution in [0.15, 0.2) is 36.5 Å². The Bertz CT molecular complexity index is 1500. The molecule has 2 aromatic carbocycles. The summed E-state index contributed by atoms with van der Waals surface area (Å²) in [6.07, 6.45) is 1.62. The molecule has 0 radical (unpaired) electrons. The van der Waals surface area contributed by atoms with Crippen LogP contribution in [0.25, 0.3) is 22.3 Å². The van der Waals surface area contributed by atoms with Gasteiger partial charge in [0.25, 0.3) is 6.01 Å². The second-order valence-corrected chi connectivity index (χ2v) is 10.4. The van der Waals surface area contributed by atoms with Crippen LogP contribution in [0, 0.1) is 5.82 Å². The Morgan fingerprint density at radius 3 is 2.68 bits per heavy atom. The molecule has 4 aromatic rings. The summed E-state index contributed by atoms with van der Waals surface area (Å²) in [5.74, 6) is 0.500. The van der Waals surface area contributed by atoms with E-state index < -0.39 is 11.4 Å². The first kappa shape index (κ1) is 25.5. The second kappa shape index (κ2) is 9.64. The van der Waals surface area contributed by atoms with Crippen LogP contribution in [0.1, 0.15) is 13.8 Å². The maximum atomic E-state index is 15.0. The number of fused-ring (bicyclic) bond motifs is 3. The van der Waals surface area contributed by atoms with Crippen molar-refractivity contribution in [1.29, 1.82) is 0 Å². The van der Waals surface area contributed by atoms with E-state index in [1.54, 1.807) is 25.4 Å². The van der Waals surface area contributed by atoms with Crippen LogP contribution in [0.3, 0.4) is 0 Å². The van der Waals surface area contributed by atoms with Crippen molar-refractivity contribution in [2.75, 3.05) is 57.3 Å². The zero-order chi connectivity index (χ0) is 27.2. The maximum absolute atomic E-state index is 15.0. The number of nitrogens with zero attached hydrogens (tertiary/aromatic N) is 6. The van der Waals surface area contributed by atoms with Gasteiger partial charge in [0.2, 0.25) is 5.95 Å². The van der Waals surface area contributed by atoms with Gasteiger partial charge < -0.3 is 30.3 Å². The number of likely N-dealkylation sites (N-methyl/N-ethyl adjacent to an activating group) is 2. The van der Waals surface area contributed by atoms with E-state index in [4.69, 9.17) is 15.2 Å². The van der Waals surface area contributed by atoms with Gasteiger partial charge in [-0.3, -0.25) is 4.57 Å². The van der Waals surface area contributed by atoms with Gasteiger partial charge in [-0.15, -0.1) is 0 Å². The predicted octanol–water partition coefficient (Wildman–Crippen LogP) is 4.14. The molecule has 0 spiro atoms. The van der Waals surface area contributed by atoms with Crippen molar-refractivity contribution < 1.29 is 13.9 Å². The summed E-state index contributed by atoms with van der Waals surface area (Å²) in [4.78, 5) is 17.6. The molecule has 200 valence electrons. The average Bonchev–Trinajstić information content (AvgIpc) is 3.35. The number of anilines is 4. The molecule has 0 atom stereocenters. The zero-order valence-corrected chi connectivity index (χ0v) is 22.5. The Morgan fingerprint density at radius 1 is 1.16 bits per heavy atom. The molecule has 3 heterocycles. The predicted molar refractivity (Wildman–Crippen MR) is 148 cm³/mol. The molecule has 38 heavy (non-hydrogen) atoms. The lowest BCUT2D eigenvalue weighted by atomic mass is 10.1. The Kier molecular flexibility index (Phi) is 6.47. The number of imidazole rings is 1. The molecular weight excluding hydrogens is 487 g/mol. The van der Waals surface area contributed by atoms with Crippen LogP contribution in [0.5, 0.6) is 11.8 Å². The van der Waals surface area contributed by atoms with Crippen molar-refractivity contribution in [3.05, 3.63) is 42.3 Å². The highest BCUT2D eigenvalue weighted by atomic mass is 19.1. The molecule has 1 aliphatic rings. The molecule has 0 saturated carbocycles. The quantitative estimate of drug-likeness (QED) is 0.332. The molecule has 0 amide bonds. The van der Waals surface area contributed by atoms with Crippen molar-refractivity contribution in [1.82, 2.24) is 24.4 Å². The van der Waals surface area contributed by atoms with Gasteiger partial charge in [-0.1, -0.05) is 0 Å². The molecule has 11 heteroatoms. The van der Waals surface area contributed by atoms with Gasteiger partial charge in [-0.2, -0.15) is 4.98 Å². The number of hydrogen-bond donors (Lipinski definition) is 2. The lowest BCUT2D eigenvalue weighted by molar-refractivity contribution is 0.131. The third kappa shape index (κ3) is 4.89. The monoisotopic (exact) mass is 520 g/mol. The number of aromatic nitrogens is 4. The van der Waals surface area contributed by atoms with E-state index in [9.17, 15) is 0 Å². The molecule has 1 aliphatic heterocycles. The molecular formula is C27H33FN8O2. The van der Waals surface area contributed by atoms with Crippen molar-refractivity contribution in [2.45, 2.75) is 26.0 Å². The van der Waals surface area contributed by atoms with E-state index in [0.717, 1.165) is 18.8 Å². The van der Waals surface area contributed by atoms with Gasteiger partial charge in [0.1, 0.15) is 16.9 Å². The van der Waals surface area contributed by atoms with Crippen LogP contribution in [0.4, 0.5) is 27.4 Å². The molecule has 0 saturated heterocycles. The third-order valence-electron chi connectivity index (χ3n) is 6.52. The number of halogens is 1. The Morgan fingerprint density at radius 2 is 1.95 bits per heavy atom. The lowest BCUT2D eigenvalue weighted by Gasteiger charge is -2.24. The fourth-order valence-corrected chi connectivity index (χ4v) is 4.55. The van der Waals surface area contributed by atoms with E-state index in [2.05, 4.69) is 30.1 Å². The Balaban J connectivity index is 1.44. The van der Waals surface area contributed by atoms with Gasteiger partial charge in [-0.25, -0.2) is 14.4 Å². The summed E-state index contributed by atoms with van der Waals surface area (Å²) in [6, 6.07) is 9.17. The van der Waals surface area contributed by atoms with Crippen molar-refractivity contribution in [3.63, 3.8) is 0 Å². The third-order valence-corrected chi connectivity index (χ3v) is 6.52. The van der Waals surface area contributed by atoms with Crippen molar-refractivity contribution in [2.24, 2.45) is 0 Å². The first-order valence-electron chi connectivity index (χ1n) is 12.4. The number of nitrogens with two attached hydrogens (primary N) is 1. The van der Waals surface area contributed by atoms with Gasteiger partial charge in [0.15, 0.2) is 5.82 Å². The summed E-state index contributed by atoms with van der Waals surface area (Å²) in [5.41, 5.74) is 10.2. The topological polar surface area (TPSA) is 107 Å². The number of nitrogens with one attached hydrogen (secondary N) is 1. The summed E-state index contributed by atoms with van der Waals surface area (Å²) in [5, 5.41) is 3.20. The summed E-state index contributed by atoms with van der Waals surface area (Å²) in [7, 11) is 7.66. The Labute approximate surface area is 221 Å². The van der Waals surface area contributed by atoms with Crippen LogP contribution in [-0.2, 0) is 6.54 Å². The van der Waals surface area contributed by atoms with E-state index in [-0.39, 0.29) is 5.52 Å². The van der Waals surface area contributed by atoms with Crippen LogP contribution < -0.4 is 25.4 Å². The summed E-state index contributed by atoms with van der Waals surface area (Å²) >= 11 is 0. The molecule has 5 rings (SSSR count). The first-order valence-corrected chi connectivity index (χ1v) is 12.4. The van der Waals surface area contributed by atoms with Crippen molar-refractivity contribution >= 4 is 34.0 Å². The molecule has 0 fully saturated rings. The highest BCUT2D eigenvalue weighted by Gasteiger charge is 2.33. The second-order valence-electron chi connectivity index (χ2n) is 10.4. The van der Waals surface area contributed by atoms with Crippen LogP contribution in [-0.4, -0.2) is 71.4 Å². The standard InChI is InChI=1S/C27H33FN8O2/c1-27(2)15-36-22-12-16(11-17(28)24(22)33-26(36)38-27)19-7-8-30-25(31-19)32-20-13-18(29)21(14-23(20)37-6)35(5)10-9-34(3)4/h7-8,11-14H,9-10,15,29H2,1-6H3,(H,30,31,32). The van der Waals surface area contributed by atoms with Gasteiger partial charge in [0, 0.05) is 38.0 Å². The minimum Gasteiger partial charge on any atom is -0.494 e. The smallest absolute Gasteiger partial charge is 0.298 e. The Hall–Kier alpha value is -4.12. The van der Waals surface area contributed by atoms with Gasteiger partial charge in [0.05, 0.1) is 41.9 Å². The molecule has 0 bridgehead atoms. The molecule has 0 aliphatic carbocycles. The molecule has 0 unspecified atom stereocenters. The van der Waals surface area contributed by atoms with E-state index >= 15 is 4.39 Å². The number of nitrogen functional groups attached to an aromatic ring is 1. The SMILES string of the molecule is COc1cc(N(C)CCN(C)C)c(N)cc1Nc1nccc(-c2cc(F)c3nc4n(c3c2)CC(C)(C)O4)n1. The molecule has 3 N–H and O–H groups in total. The number of rotatable bonds is 8. The van der Waals surface area contributed by atoms with E-state index in [0.29, 0.717) is 52.4 Å². The largest absolute Gasteiger partial charge is 0.494 e. The molecule has 10 nitrogen and oxygen atoms in total. The first-order chi connectivity index (χ1) is 18.0. The number of ether oxygens (including phenoxy) is 2. The van der Waals surface area contributed by atoms with E-state index in [1.165, 1.54) is 6.07 Å².